The summed E-state index contributed by atoms with van der Waals surface area (Å²) in [4.78, 5) is 4.17. The van der Waals surface area contributed by atoms with E-state index in [0.29, 0.717) is 36.2 Å². The van der Waals surface area contributed by atoms with Crippen molar-refractivity contribution in [1.29, 1.82) is 0 Å². The number of aliphatic hydroxyl groups is 3. The van der Waals surface area contributed by atoms with Crippen LogP contribution in [0.25, 0.3) is 0 Å². The summed E-state index contributed by atoms with van der Waals surface area (Å²) in [6.07, 6.45) is 2.00. The number of benzene rings is 1. The lowest BCUT2D eigenvalue weighted by molar-refractivity contribution is -0.258. The molecule has 1 aromatic rings. The van der Waals surface area contributed by atoms with Gasteiger partial charge in [0.05, 0.1) is 10.9 Å². The van der Waals surface area contributed by atoms with Gasteiger partial charge in [0.15, 0.2) is 11.3 Å². The highest BCUT2D eigenvalue weighted by atomic mass is 32.2. The molecule has 41 heavy (non-hydrogen) atoms. The third-order valence-electron chi connectivity index (χ3n) is 8.45. The average molecular weight is 634 g/mol. The summed E-state index contributed by atoms with van der Waals surface area (Å²) in [6, 6.07) is 4.93. The van der Waals surface area contributed by atoms with Gasteiger partial charge in [-0.2, -0.15) is 17.5 Å². The molecule has 0 amide bonds. The first-order chi connectivity index (χ1) is 19.2. The molecule has 0 radical (unpaired) electrons. The second-order valence-corrected chi connectivity index (χ2v) is 14.7. The van der Waals surface area contributed by atoms with Crippen molar-refractivity contribution in [3.8, 4) is 0 Å². The van der Waals surface area contributed by atoms with Crippen LogP contribution in [0.15, 0.2) is 47.4 Å². The number of thioether (sulfide) groups is 1. The molecule has 0 spiro atoms. The Balaban J connectivity index is 1.46. The number of halogens is 3. The molecule has 2 aliphatic carbocycles. The number of hydrogen-bond donors (Lipinski definition) is 3. The van der Waals surface area contributed by atoms with Crippen LogP contribution in [0.3, 0.4) is 0 Å². The number of hydrogen-bond acceptors (Lipinski definition) is 9. The molecule has 2 heterocycles. The van der Waals surface area contributed by atoms with Gasteiger partial charge < -0.3 is 20.2 Å². The Morgan fingerprint density at radius 2 is 1.83 bits per heavy atom. The molecule has 1 aromatic carbocycles. The van der Waals surface area contributed by atoms with Crippen molar-refractivity contribution >= 4 is 44.6 Å². The van der Waals surface area contributed by atoms with Crippen molar-refractivity contribution in [2.75, 3.05) is 43.4 Å². The molecular weight excluding hydrogens is 600 g/mol. The molecule has 4 atom stereocenters. The second-order valence-electron chi connectivity index (χ2n) is 11.1. The SMILES string of the molecule is CC(O)(c1ccc(N2CCN(S(=O)(=O)C3=CC=CCC3=S)C[C@@H]2CN2CCSC(O)C2(O)C2CC2)cc1)C(F)(F)F. The van der Waals surface area contributed by atoms with Gasteiger partial charge in [0.2, 0.25) is 10.0 Å². The Kier molecular flexibility index (Phi) is 8.44. The predicted molar refractivity (Wildman–Crippen MR) is 156 cm³/mol. The van der Waals surface area contributed by atoms with Crippen molar-refractivity contribution in [3.05, 3.63) is 53.0 Å². The van der Waals surface area contributed by atoms with Crippen LogP contribution in [-0.2, 0) is 15.6 Å². The van der Waals surface area contributed by atoms with Gasteiger partial charge in [0.1, 0.15) is 5.44 Å². The minimum absolute atomic E-state index is 0.0501. The van der Waals surface area contributed by atoms with Gasteiger partial charge in [-0.25, -0.2) is 8.42 Å². The molecule has 0 bridgehead atoms. The van der Waals surface area contributed by atoms with E-state index in [9.17, 15) is 36.9 Å². The summed E-state index contributed by atoms with van der Waals surface area (Å²) >= 11 is 6.63. The molecule has 8 nitrogen and oxygen atoms in total. The molecule has 14 heteroatoms. The summed E-state index contributed by atoms with van der Waals surface area (Å²) < 4.78 is 68.9. The van der Waals surface area contributed by atoms with E-state index in [0.717, 1.165) is 12.8 Å². The Labute approximate surface area is 247 Å². The normalized spacial score (nSPS) is 30.3. The van der Waals surface area contributed by atoms with Crippen LogP contribution in [0.5, 0.6) is 0 Å². The molecule has 226 valence electrons. The van der Waals surface area contributed by atoms with Crippen molar-refractivity contribution in [2.24, 2.45) is 5.92 Å². The number of sulfonamides is 1. The van der Waals surface area contributed by atoms with Gasteiger partial charge in [-0.05, 0) is 43.5 Å². The first-order valence-corrected chi connectivity index (χ1v) is 16.4. The summed E-state index contributed by atoms with van der Waals surface area (Å²) in [5.74, 6) is 0.488. The van der Waals surface area contributed by atoms with Crippen molar-refractivity contribution in [1.82, 2.24) is 9.21 Å². The summed E-state index contributed by atoms with van der Waals surface area (Å²) in [5.41, 5.74) is -5.24. The number of piperazine rings is 1. The number of rotatable bonds is 7. The van der Waals surface area contributed by atoms with Crippen LogP contribution >= 0.6 is 24.0 Å². The third-order valence-corrected chi connectivity index (χ3v) is 12.0. The van der Waals surface area contributed by atoms with E-state index in [1.54, 1.807) is 12.2 Å². The highest BCUT2D eigenvalue weighted by molar-refractivity contribution is 7.99. The quantitative estimate of drug-likeness (QED) is 0.391. The summed E-state index contributed by atoms with van der Waals surface area (Å²) in [5, 5.41) is 32.5. The van der Waals surface area contributed by atoms with Crippen LogP contribution in [0.1, 0.15) is 31.7 Å². The third kappa shape index (κ3) is 5.74. The van der Waals surface area contributed by atoms with E-state index in [1.807, 2.05) is 9.80 Å². The number of alkyl halides is 3. The predicted octanol–water partition coefficient (Wildman–Crippen LogP) is 2.96. The number of anilines is 1. The van der Waals surface area contributed by atoms with Crippen LogP contribution in [-0.4, -0.2) is 99.7 Å². The molecule has 1 saturated carbocycles. The van der Waals surface area contributed by atoms with Gasteiger partial charge in [0, 0.05) is 61.4 Å². The highest BCUT2D eigenvalue weighted by Crippen LogP contribution is 2.48. The zero-order valence-corrected chi connectivity index (χ0v) is 24.9. The highest BCUT2D eigenvalue weighted by Gasteiger charge is 2.56. The first kappa shape index (κ1) is 30.9. The smallest absolute Gasteiger partial charge is 0.378 e. The zero-order chi connectivity index (χ0) is 29.8. The lowest BCUT2D eigenvalue weighted by atomic mass is 9.95. The van der Waals surface area contributed by atoms with E-state index >= 15 is 0 Å². The average Bonchev–Trinajstić information content (AvgIpc) is 3.77. The maximum Gasteiger partial charge on any atom is 0.421 e. The molecule has 4 aliphatic rings. The monoisotopic (exact) mass is 633 g/mol. The van der Waals surface area contributed by atoms with Gasteiger partial charge in [-0.15, -0.1) is 11.8 Å². The number of thiocarbonyl (C=S) groups is 1. The fraction of sp³-hybridized carbons (Fsp3) is 0.593. The van der Waals surface area contributed by atoms with Crippen molar-refractivity contribution in [2.45, 2.75) is 55.2 Å². The fourth-order valence-corrected chi connectivity index (χ4v) is 8.97. The number of aliphatic hydroxyl groups excluding tert-OH is 1. The maximum atomic E-state index is 13.7. The molecule has 2 saturated heterocycles. The molecule has 3 fully saturated rings. The standard InChI is InChI=1S/C27H34F3N3O5S3/c1-25(35,27(28,29)30)18-8-10-20(11-9-18)33-13-12-32(41(37,38)23-5-3-2-4-22(23)39)17-21(33)16-31-14-15-40-24(34)26(31,36)19-6-7-19/h2-3,5,8-11,19,21,24,34-36H,4,6-7,12-17H2,1H3/t21-,24?,25?,26?/m0/s1. The van der Waals surface area contributed by atoms with Crippen LogP contribution in [0.4, 0.5) is 18.9 Å². The molecule has 2 aliphatic heterocycles. The molecule has 3 unspecified atom stereocenters. The van der Waals surface area contributed by atoms with E-state index in [1.165, 1.54) is 46.4 Å². The van der Waals surface area contributed by atoms with Crippen molar-refractivity contribution < 1.29 is 36.9 Å². The molecule has 5 rings (SSSR count). The number of nitrogens with zero attached hydrogens (tertiary/aromatic N) is 3. The van der Waals surface area contributed by atoms with Gasteiger partial charge in [0.25, 0.3) is 0 Å². The Bertz CT molecular complexity index is 1330. The lowest BCUT2D eigenvalue weighted by Crippen LogP contribution is -2.66. The minimum atomic E-state index is -4.86. The van der Waals surface area contributed by atoms with Crippen LogP contribution in [0, 0.1) is 5.92 Å². The topological polar surface area (TPSA) is 105 Å². The van der Waals surface area contributed by atoms with Gasteiger partial charge in [-0.1, -0.05) is 36.5 Å². The summed E-state index contributed by atoms with van der Waals surface area (Å²) in [6.45, 7) is 1.82. The van der Waals surface area contributed by atoms with Gasteiger partial charge >= 0.3 is 6.18 Å². The Morgan fingerprint density at radius 3 is 2.44 bits per heavy atom. The van der Waals surface area contributed by atoms with Gasteiger partial charge in [-0.3, -0.25) is 4.90 Å². The second kappa shape index (κ2) is 11.2. The minimum Gasteiger partial charge on any atom is -0.378 e. The molecular formula is C27H34F3N3O5S3. The largest absolute Gasteiger partial charge is 0.421 e. The zero-order valence-electron chi connectivity index (χ0n) is 22.5. The van der Waals surface area contributed by atoms with E-state index in [4.69, 9.17) is 12.2 Å². The van der Waals surface area contributed by atoms with E-state index < -0.39 is 39.0 Å². The van der Waals surface area contributed by atoms with Crippen molar-refractivity contribution in [3.63, 3.8) is 0 Å². The van der Waals surface area contributed by atoms with E-state index in [-0.39, 0.29) is 42.6 Å². The maximum absolute atomic E-state index is 13.7. The molecule has 0 aromatic heterocycles. The number of allylic oxidation sites excluding steroid dienone is 4. The van der Waals surface area contributed by atoms with Crippen LogP contribution < -0.4 is 4.90 Å². The fourth-order valence-electron chi connectivity index (χ4n) is 5.77. The Morgan fingerprint density at radius 1 is 1.15 bits per heavy atom. The molecule has 3 N–H and O–H groups in total. The Hall–Kier alpha value is -1.52. The van der Waals surface area contributed by atoms with E-state index in [2.05, 4.69) is 0 Å². The van der Waals surface area contributed by atoms with Crippen LogP contribution in [0.2, 0.25) is 0 Å². The summed E-state index contributed by atoms with van der Waals surface area (Å²) in [7, 11) is -3.92. The first-order valence-electron chi connectivity index (χ1n) is 13.5. The lowest BCUT2D eigenvalue weighted by Gasteiger charge is -2.50.